The highest BCUT2D eigenvalue weighted by Gasteiger charge is 2.25. The fraction of sp³-hybridized carbons (Fsp3) is 0.333. The summed E-state index contributed by atoms with van der Waals surface area (Å²) in [6.07, 6.45) is 3.67. The lowest BCUT2D eigenvalue weighted by Crippen LogP contribution is -2.48. The van der Waals surface area contributed by atoms with Crippen molar-refractivity contribution in [1.82, 2.24) is 14.8 Å². The molecule has 1 aromatic carbocycles. The Morgan fingerprint density at radius 3 is 2.16 bits per heavy atom. The van der Waals surface area contributed by atoms with Gasteiger partial charge in [0.1, 0.15) is 0 Å². The predicted octanol–water partition coefficient (Wildman–Crippen LogP) is 1.21. The number of aliphatic carboxylic acids is 2. The first kappa shape index (κ1) is 23.6. The second kappa shape index (κ2) is 11.5. The van der Waals surface area contributed by atoms with Crippen LogP contribution in [0.1, 0.15) is 15.9 Å². The van der Waals surface area contributed by atoms with Gasteiger partial charge < -0.3 is 24.6 Å². The molecule has 0 atom stereocenters. The highest BCUT2D eigenvalue weighted by Crippen LogP contribution is 2.31. The molecule has 0 radical (unpaired) electrons. The molecule has 10 heteroatoms. The van der Waals surface area contributed by atoms with Gasteiger partial charge >= 0.3 is 11.9 Å². The van der Waals surface area contributed by atoms with Gasteiger partial charge in [-0.1, -0.05) is 12.1 Å². The van der Waals surface area contributed by atoms with Crippen LogP contribution in [0, 0.1) is 0 Å². The molecule has 1 aliphatic rings. The number of piperazine rings is 1. The fourth-order valence-electron chi connectivity index (χ4n) is 3.08. The lowest BCUT2D eigenvalue weighted by atomic mass is 10.1. The molecule has 0 saturated carbocycles. The lowest BCUT2D eigenvalue weighted by Gasteiger charge is -2.35. The predicted molar refractivity (Wildman–Crippen MR) is 110 cm³/mol. The number of aromatic nitrogens is 1. The maximum Gasteiger partial charge on any atom is 0.414 e. The lowest BCUT2D eigenvalue weighted by molar-refractivity contribution is -0.159. The van der Waals surface area contributed by atoms with Crippen molar-refractivity contribution in [2.75, 3.05) is 40.4 Å². The number of amides is 1. The van der Waals surface area contributed by atoms with Gasteiger partial charge in [-0.25, -0.2) is 9.59 Å². The molecule has 2 heterocycles. The average molecular weight is 431 g/mol. The number of rotatable bonds is 5. The molecule has 166 valence electrons. The van der Waals surface area contributed by atoms with Crippen molar-refractivity contribution in [3.63, 3.8) is 0 Å². The van der Waals surface area contributed by atoms with Gasteiger partial charge in [-0.05, 0) is 23.8 Å². The Morgan fingerprint density at radius 2 is 1.65 bits per heavy atom. The number of carboxylic acids is 2. The molecule has 1 amide bonds. The van der Waals surface area contributed by atoms with Crippen LogP contribution < -0.4 is 9.47 Å². The zero-order chi connectivity index (χ0) is 22.8. The summed E-state index contributed by atoms with van der Waals surface area (Å²) in [5.41, 5.74) is 1.74. The van der Waals surface area contributed by atoms with Gasteiger partial charge in [0.15, 0.2) is 11.5 Å². The Labute approximate surface area is 179 Å². The van der Waals surface area contributed by atoms with Crippen LogP contribution in [-0.4, -0.2) is 83.2 Å². The highest BCUT2D eigenvalue weighted by atomic mass is 16.5. The van der Waals surface area contributed by atoms with E-state index in [2.05, 4.69) is 16.0 Å². The van der Waals surface area contributed by atoms with Crippen LogP contribution in [0.2, 0.25) is 0 Å². The summed E-state index contributed by atoms with van der Waals surface area (Å²) < 4.78 is 10.7. The summed E-state index contributed by atoms with van der Waals surface area (Å²) in [6.45, 7) is 3.93. The Morgan fingerprint density at radius 1 is 0.968 bits per heavy atom. The summed E-state index contributed by atoms with van der Waals surface area (Å²) in [7, 11) is 3.13. The zero-order valence-corrected chi connectivity index (χ0v) is 17.4. The van der Waals surface area contributed by atoms with Gasteiger partial charge in [0.2, 0.25) is 0 Å². The number of hydrogen-bond acceptors (Lipinski definition) is 7. The van der Waals surface area contributed by atoms with Crippen molar-refractivity contribution in [3.8, 4) is 11.5 Å². The number of pyridine rings is 1. The van der Waals surface area contributed by atoms with Gasteiger partial charge in [0.25, 0.3) is 5.91 Å². The van der Waals surface area contributed by atoms with Gasteiger partial charge in [-0.3, -0.25) is 14.7 Å². The maximum atomic E-state index is 12.9. The van der Waals surface area contributed by atoms with E-state index in [-0.39, 0.29) is 5.91 Å². The van der Waals surface area contributed by atoms with Gasteiger partial charge in [0.05, 0.1) is 19.8 Å². The van der Waals surface area contributed by atoms with Crippen molar-refractivity contribution < 1.29 is 34.1 Å². The van der Waals surface area contributed by atoms with Crippen LogP contribution in [0.4, 0.5) is 0 Å². The Hall–Kier alpha value is -3.66. The van der Waals surface area contributed by atoms with Gasteiger partial charge in [0, 0.05) is 45.1 Å². The van der Waals surface area contributed by atoms with E-state index in [1.54, 1.807) is 32.5 Å². The van der Waals surface area contributed by atoms with Crippen LogP contribution in [0.3, 0.4) is 0 Å². The standard InChI is InChI=1S/C19H23N3O3.C2H2O4/c1-24-17-7-3-6-16(18(17)25-2)19(23)22-11-9-21(10-12-22)14-15-5-4-8-20-13-15;3-1(4)2(5)6/h3-8,13H,9-12,14H2,1-2H3;(H,3,4)(H,5,6). The Kier molecular flexibility index (Phi) is 8.77. The van der Waals surface area contributed by atoms with Crippen molar-refractivity contribution in [1.29, 1.82) is 0 Å². The van der Waals surface area contributed by atoms with Crippen molar-refractivity contribution in [2.24, 2.45) is 0 Å². The summed E-state index contributed by atoms with van der Waals surface area (Å²) in [5.74, 6) is -2.60. The van der Waals surface area contributed by atoms with Crippen LogP contribution >= 0.6 is 0 Å². The monoisotopic (exact) mass is 431 g/mol. The number of para-hydroxylation sites is 1. The summed E-state index contributed by atoms with van der Waals surface area (Å²) in [5, 5.41) is 14.8. The fourth-order valence-corrected chi connectivity index (χ4v) is 3.08. The van der Waals surface area contributed by atoms with Crippen LogP contribution in [-0.2, 0) is 16.1 Å². The second-order valence-electron chi connectivity index (χ2n) is 6.58. The first-order chi connectivity index (χ1) is 14.9. The number of methoxy groups -OCH3 is 2. The van der Waals surface area contributed by atoms with Crippen molar-refractivity contribution in [3.05, 3.63) is 53.9 Å². The summed E-state index contributed by atoms with van der Waals surface area (Å²) >= 11 is 0. The van der Waals surface area contributed by atoms with E-state index in [0.717, 1.165) is 19.6 Å². The molecule has 2 aromatic rings. The normalized spacial score (nSPS) is 13.5. The average Bonchev–Trinajstić information content (AvgIpc) is 2.79. The molecular formula is C21H25N3O7. The first-order valence-corrected chi connectivity index (χ1v) is 9.45. The molecule has 2 N–H and O–H groups in total. The molecule has 1 aliphatic heterocycles. The van der Waals surface area contributed by atoms with E-state index in [1.807, 2.05) is 23.2 Å². The van der Waals surface area contributed by atoms with Crippen LogP contribution in [0.15, 0.2) is 42.7 Å². The van der Waals surface area contributed by atoms with E-state index >= 15 is 0 Å². The first-order valence-electron chi connectivity index (χ1n) is 9.45. The number of carbonyl (C=O) groups excluding carboxylic acids is 1. The SMILES string of the molecule is COc1cccc(C(=O)N2CCN(Cc3cccnc3)CC2)c1OC.O=C(O)C(=O)O. The molecule has 3 rings (SSSR count). The molecule has 10 nitrogen and oxygen atoms in total. The number of hydrogen-bond donors (Lipinski definition) is 2. The van der Waals surface area contributed by atoms with Gasteiger partial charge in [-0.2, -0.15) is 0 Å². The minimum Gasteiger partial charge on any atom is -0.493 e. The third-order valence-electron chi connectivity index (χ3n) is 4.60. The van der Waals surface area contributed by atoms with Crippen LogP contribution in [0.5, 0.6) is 11.5 Å². The molecule has 1 saturated heterocycles. The number of ether oxygens (including phenoxy) is 2. The quantitative estimate of drug-likeness (QED) is 0.671. The van der Waals surface area contributed by atoms with E-state index in [0.29, 0.717) is 30.2 Å². The third kappa shape index (κ3) is 6.68. The highest BCUT2D eigenvalue weighted by molar-refractivity contribution is 6.27. The van der Waals surface area contributed by atoms with Crippen molar-refractivity contribution >= 4 is 17.8 Å². The Bertz CT molecular complexity index is 885. The molecule has 0 bridgehead atoms. The van der Waals surface area contributed by atoms with E-state index < -0.39 is 11.9 Å². The number of benzene rings is 1. The number of nitrogens with zero attached hydrogens (tertiary/aromatic N) is 3. The molecule has 0 spiro atoms. The minimum atomic E-state index is -1.82. The molecule has 1 aromatic heterocycles. The van der Waals surface area contributed by atoms with E-state index in [4.69, 9.17) is 29.3 Å². The third-order valence-corrected chi connectivity index (χ3v) is 4.60. The van der Waals surface area contributed by atoms with Crippen LogP contribution in [0.25, 0.3) is 0 Å². The summed E-state index contributed by atoms with van der Waals surface area (Å²) in [4.78, 5) is 39.4. The second-order valence-corrected chi connectivity index (χ2v) is 6.58. The largest absolute Gasteiger partial charge is 0.493 e. The van der Waals surface area contributed by atoms with Crippen molar-refractivity contribution in [2.45, 2.75) is 6.54 Å². The topological polar surface area (TPSA) is 130 Å². The Balaban J connectivity index is 0.000000501. The number of carbonyl (C=O) groups is 3. The van der Waals surface area contributed by atoms with E-state index in [9.17, 15) is 4.79 Å². The smallest absolute Gasteiger partial charge is 0.414 e. The molecule has 31 heavy (non-hydrogen) atoms. The van der Waals surface area contributed by atoms with Gasteiger partial charge in [-0.15, -0.1) is 0 Å². The number of carboxylic acid groups (broad SMARTS) is 2. The van der Waals surface area contributed by atoms with E-state index in [1.165, 1.54) is 5.56 Å². The molecule has 0 unspecified atom stereocenters. The summed E-state index contributed by atoms with van der Waals surface area (Å²) in [6, 6.07) is 9.41. The molecular weight excluding hydrogens is 406 g/mol. The molecule has 1 fully saturated rings. The zero-order valence-electron chi connectivity index (χ0n) is 17.4. The molecule has 0 aliphatic carbocycles. The minimum absolute atomic E-state index is 0.0169. The maximum absolute atomic E-state index is 12.9.